The third-order valence-corrected chi connectivity index (χ3v) is 4.10. The van der Waals surface area contributed by atoms with Crippen LogP contribution in [0.1, 0.15) is 38.2 Å². The molecule has 1 aliphatic rings. The minimum atomic E-state index is 0.292. The van der Waals surface area contributed by atoms with Crippen molar-refractivity contribution < 1.29 is 9.84 Å². The Hall–Kier alpha value is -1.22. The Bertz CT molecular complexity index is 398. The molecule has 3 nitrogen and oxygen atoms in total. The minimum Gasteiger partial charge on any atom is -0.504 e. The second-order valence-electron chi connectivity index (χ2n) is 5.48. The van der Waals surface area contributed by atoms with Gasteiger partial charge in [-0.1, -0.05) is 31.9 Å². The predicted octanol–water partition coefficient (Wildman–Crippen LogP) is 3.41. The molecule has 1 heterocycles. The molecule has 1 N–H and O–H groups in total. The molecule has 0 bridgehead atoms. The number of ether oxygens (including phenoxy) is 1. The van der Waals surface area contributed by atoms with E-state index in [1.54, 1.807) is 13.2 Å². The maximum absolute atomic E-state index is 10.1. The van der Waals surface area contributed by atoms with Crippen LogP contribution in [0.4, 0.5) is 0 Å². The predicted molar refractivity (Wildman–Crippen MR) is 77.6 cm³/mol. The highest BCUT2D eigenvalue weighted by molar-refractivity contribution is 5.45. The van der Waals surface area contributed by atoms with Gasteiger partial charge in [-0.2, -0.15) is 0 Å². The van der Waals surface area contributed by atoms with Crippen LogP contribution in [0.2, 0.25) is 0 Å². The van der Waals surface area contributed by atoms with Crippen molar-refractivity contribution in [2.45, 2.75) is 39.2 Å². The lowest BCUT2D eigenvalue weighted by molar-refractivity contribution is 0.170. The third-order valence-electron chi connectivity index (χ3n) is 4.10. The second kappa shape index (κ2) is 6.80. The Kier molecular flexibility index (Phi) is 5.08. The summed E-state index contributed by atoms with van der Waals surface area (Å²) in [7, 11) is 1.59. The standard InChI is InChI=1S/C16H25NO2/c1-3-5-13-8-10-17(11-9-13)12-14-6-4-7-15(19-2)16(14)18/h4,6-7,13,18H,3,5,8-12H2,1-2H3. The first-order valence-electron chi connectivity index (χ1n) is 7.31. The molecule has 3 heteroatoms. The smallest absolute Gasteiger partial charge is 0.162 e. The van der Waals surface area contributed by atoms with Crippen LogP contribution < -0.4 is 4.74 Å². The molecule has 1 aromatic carbocycles. The fourth-order valence-corrected chi connectivity index (χ4v) is 2.94. The van der Waals surface area contributed by atoms with Crippen LogP contribution >= 0.6 is 0 Å². The van der Waals surface area contributed by atoms with Gasteiger partial charge < -0.3 is 9.84 Å². The van der Waals surface area contributed by atoms with Gasteiger partial charge in [0.1, 0.15) is 0 Å². The summed E-state index contributed by atoms with van der Waals surface area (Å²) in [6.07, 6.45) is 5.23. The lowest BCUT2D eigenvalue weighted by Crippen LogP contribution is -2.33. The van der Waals surface area contributed by atoms with E-state index in [1.807, 2.05) is 12.1 Å². The van der Waals surface area contributed by atoms with Gasteiger partial charge in [-0.05, 0) is 37.9 Å². The molecular weight excluding hydrogens is 238 g/mol. The number of hydrogen-bond donors (Lipinski definition) is 1. The molecule has 1 aliphatic heterocycles. The number of para-hydroxylation sites is 1. The highest BCUT2D eigenvalue weighted by Gasteiger charge is 2.19. The van der Waals surface area contributed by atoms with Crippen molar-refractivity contribution in [2.75, 3.05) is 20.2 Å². The molecule has 0 saturated carbocycles. The molecule has 19 heavy (non-hydrogen) atoms. The van der Waals surface area contributed by atoms with Crippen molar-refractivity contribution in [1.29, 1.82) is 0 Å². The van der Waals surface area contributed by atoms with Gasteiger partial charge in [-0.15, -0.1) is 0 Å². The van der Waals surface area contributed by atoms with E-state index in [4.69, 9.17) is 4.74 Å². The van der Waals surface area contributed by atoms with E-state index in [0.29, 0.717) is 11.5 Å². The van der Waals surface area contributed by atoms with Crippen LogP contribution in [-0.2, 0) is 6.54 Å². The fourth-order valence-electron chi connectivity index (χ4n) is 2.94. The average molecular weight is 263 g/mol. The molecular formula is C16H25NO2. The van der Waals surface area contributed by atoms with Crippen molar-refractivity contribution in [3.8, 4) is 11.5 Å². The number of phenols is 1. The average Bonchev–Trinajstić information content (AvgIpc) is 2.43. The summed E-state index contributed by atoms with van der Waals surface area (Å²) in [6, 6.07) is 5.72. The van der Waals surface area contributed by atoms with Crippen molar-refractivity contribution in [1.82, 2.24) is 4.90 Å². The summed E-state index contributed by atoms with van der Waals surface area (Å²) in [5.74, 6) is 1.76. The van der Waals surface area contributed by atoms with E-state index in [0.717, 1.165) is 31.1 Å². The van der Waals surface area contributed by atoms with E-state index < -0.39 is 0 Å². The zero-order chi connectivity index (χ0) is 13.7. The number of likely N-dealkylation sites (tertiary alicyclic amines) is 1. The molecule has 0 atom stereocenters. The highest BCUT2D eigenvalue weighted by atomic mass is 16.5. The summed E-state index contributed by atoms with van der Waals surface area (Å²) in [5, 5.41) is 10.1. The minimum absolute atomic E-state index is 0.292. The van der Waals surface area contributed by atoms with Crippen LogP contribution in [0.25, 0.3) is 0 Å². The van der Waals surface area contributed by atoms with E-state index in [1.165, 1.54) is 25.7 Å². The van der Waals surface area contributed by atoms with Gasteiger partial charge in [0.25, 0.3) is 0 Å². The first-order valence-corrected chi connectivity index (χ1v) is 7.31. The largest absolute Gasteiger partial charge is 0.504 e. The van der Waals surface area contributed by atoms with Gasteiger partial charge in [0.05, 0.1) is 7.11 Å². The first-order chi connectivity index (χ1) is 9.24. The number of methoxy groups -OCH3 is 1. The van der Waals surface area contributed by atoms with E-state index in [2.05, 4.69) is 11.8 Å². The summed E-state index contributed by atoms with van der Waals surface area (Å²) in [5.41, 5.74) is 0.966. The maximum Gasteiger partial charge on any atom is 0.162 e. The molecule has 2 rings (SSSR count). The van der Waals surface area contributed by atoms with Gasteiger partial charge >= 0.3 is 0 Å². The topological polar surface area (TPSA) is 32.7 Å². The molecule has 1 aromatic rings. The van der Waals surface area contributed by atoms with Crippen LogP contribution in [0.15, 0.2) is 18.2 Å². The van der Waals surface area contributed by atoms with Crippen molar-refractivity contribution >= 4 is 0 Å². The lowest BCUT2D eigenvalue weighted by atomic mass is 9.92. The normalized spacial score (nSPS) is 17.6. The quantitative estimate of drug-likeness (QED) is 0.883. The van der Waals surface area contributed by atoms with E-state index >= 15 is 0 Å². The third kappa shape index (κ3) is 3.63. The monoisotopic (exact) mass is 263 g/mol. The zero-order valence-electron chi connectivity index (χ0n) is 12.1. The number of phenolic OH excluding ortho intramolecular Hbond substituents is 1. The number of aromatic hydroxyl groups is 1. The van der Waals surface area contributed by atoms with Crippen LogP contribution in [-0.4, -0.2) is 30.2 Å². The maximum atomic E-state index is 10.1. The Morgan fingerprint density at radius 1 is 1.32 bits per heavy atom. The Balaban J connectivity index is 1.92. The van der Waals surface area contributed by atoms with Crippen molar-refractivity contribution in [2.24, 2.45) is 5.92 Å². The van der Waals surface area contributed by atoms with Crippen molar-refractivity contribution in [3.63, 3.8) is 0 Å². The SMILES string of the molecule is CCCC1CCN(Cc2cccc(OC)c2O)CC1. The summed E-state index contributed by atoms with van der Waals surface area (Å²) >= 11 is 0. The van der Waals surface area contributed by atoms with Gasteiger partial charge in [-0.3, -0.25) is 4.90 Å². The number of benzene rings is 1. The van der Waals surface area contributed by atoms with Gasteiger partial charge in [0.2, 0.25) is 0 Å². The van der Waals surface area contributed by atoms with Gasteiger partial charge in [0.15, 0.2) is 11.5 Å². The van der Waals surface area contributed by atoms with Crippen LogP contribution in [0, 0.1) is 5.92 Å². The molecule has 0 unspecified atom stereocenters. The Morgan fingerprint density at radius 2 is 2.05 bits per heavy atom. The number of rotatable bonds is 5. The first kappa shape index (κ1) is 14.2. The second-order valence-corrected chi connectivity index (χ2v) is 5.48. The molecule has 1 fully saturated rings. The molecule has 0 aromatic heterocycles. The van der Waals surface area contributed by atoms with Crippen molar-refractivity contribution in [3.05, 3.63) is 23.8 Å². The molecule has 1 saturated heterocycles. The van der Waals surface area contributed by atoms with E-state index in [9.17, 15) is 5.11 Å². The van der Waals surface area contributed by atoms with Crippen LogP contribution in [0.3, 0.4) is 0 Å². The zero-order valence-corrected chi connectivity index (χ0v) is 12.1. The Labute approximate surface area is 116 Å². The molecule has 0 amide bonds. The van der Waals surface area contributed by atoms with E-state index in [-0.39, 0.29) is 0 Å². The molecule has 0 aliphatic carbocycles. The van der Waals surface area contributed by atoms with Gasteiger partial charge in [-0.25, -0.2) is 0 Å². The molecule has 0 radical (unpaired) electrons. The van der Waals surface area contributed by atoms with Gasteiger partial charge in [0, 0.05) is 12.1 Å². The highest BCUT2D eigenvalue weighted by Crippen LogP contribution is 2.31. The van der Waals surface area contributed by atoms with Crippen LogP contribution in [0.5, 0.6) is 11.5 Å². The summed E-state index contributed by atoms with van der Waals surface area (Å²) in [4.78, 5) is 2.43. The Morgan fingerprint density at radius 3 is 2.68 bits per heavy atom. The number of hydrogen-bond acceptors (Lipinski definition) is 3. The number of nitrogens with zero attached hydrogens (tertiary/aromatic N) is 1. The summed E-state index contributed by atoms with van der Waals surface area (Å²) < 4.78 is 5.16. The molecule has 106 valence electrons. The summed E-state index contributed by atoms with van der Waals surface area (Å²) in [6.45, 7) is 5.37. The number of piperidine rings is 1. The molecule has 0 spiro atoms. The lowest BCUT2D eigenvalue weighted by Gasteiger charge is -2.32. The fraction of sp³-hybridized carbons (Fsp3) is 0.625.